The zero-order valence-corrected chi connectivity index (χ0v) is 11.0. The summed E-state index contributed by atoms with van der Waals surface area (Å²) in [4.78, 5) is 2.22. The van der Waals surface area contributed by atoms with Gasteiger partial charge in [-0.05, 0) is 50.0 Å². The first-order valence-electron chi connectivity index (χ1n) is 5.78. The van der Waals surface area contributed by atoms with E-state index in [1.807, 2.05) is 12.1 Å². The number of hydrogen-bond acceptors (Lipinski definition) is 3. The van der Waals surface area contributed by atoms with Crippen LogP contribution in [0.15, 0.2) is 18.2 Å². The van der Waals surface area contributed by atoms with Crippen molar-refractivity contribution in [3.05, 3.63) is 34.9 Å². The first kappa shape index (κ1) is 12.3. The van der Waals surface area contributed by atoms with Crippen LogP contribution in [0.2, 0.25) is 0 Å². The van der Waals surface area contributed by atoms with E-state index in [0.717, 1.165) is 24.8 Å². The van der Waals surface area contributed by atoms with Crippen LogP contribution in [0.5, 0.6) is 0 Å². The van der Waals surface area contributed by atoms with Crippen LogP contribution in [-0.2, 0) is 23.1 Å². The van der Waals surface area contributed by atoms with Gasteiger partial charge < -0.3 is 4.90 Å². The Balaban J connectivity index is 2.43. The van der Waals surface area contributed by atoms with Crippen molar-refractivity contribution < 1.29 is 8.42 Å². The van der Waals surface area contributed by atoms with Gasteiger partial charge in [-0.2, -0.15) is 8.42 Å². The summed E-state index contributed by atoms with van der Waals surface area (Å²) in [6, 6.07) is 6.43. The molecule has 0 spiro atoms. The molecule has 0 bridgehead atoms. The summed E-state index contributed by atoms with van der Waals surface area (Å²) in [6.45, 7) is 0. The van der Waals surface area contributed by atoms with E-state index in [1.165, 1.54) is 16.5 Å². The highest BCUT2D eigenvalue weighted by molar-refractivity contribution is 7.71. The zero-order valence-electron chi connectivity index (χ0n) is 10.2. The smallest absolute Gasteiger partial charge is 0.214 e. The molecule has 17 heavy (non-hydrogen) atoms. The van der Waals surface area contributed by atoms with E-state index >= 15 is 0 Å². The molecule has 2 rings (SSSR count). The lowest BCUT2D eigenvalue weighted by Crippen LogP contribution is -2.34. The van der Waals surface area contributed by atoms with Crippen LogP contribution in [0.4, 0.5) is 0 Å². The Morgan fingerprint density at radius 2 is 2.12 bits per heavy atom. The molecule has 0 aliphatic heterocycles. The average molecular weight is 251 g/mol. The summed E-state index contributed by atoms with van der Waals surface area (Å²) in [7, 11) is 2.03. The van der Waals surface area contributed by atoms with Gasteiger partial charge in [0.1, 0.15) is 0 Å². The van der Waals surface area contributed by atoms with Gasteiger partial charge >= 0.3 is 0 Å². The van der Waals surface area contributed by atoms with Crippen molar-refractivity contribution in [1.82, 2.24) is 4.90 Å². The van der Waals surface area contributed by atoms with Gasteiger partial charge in [0.15, 0.2) is 0 Å². The molecule has 1 aromatic carbocycles. The Morgan fingerprint density at radius 3 is 2.76 bits per heavy atom. The highest BCUT2D eigenvalue weighted by atomic mass is 32.2. The maximum absolute atomic E-state index is 10.8. The molecule has 92 valence electrons. The topological polar surface area (TPSA) is 37.4 Å². The van der Waals surface area contributed by atoms with Crippen LogP contribution in [0.3, 0.4) is 0 Å². The first-order chi connectivity index (χ1) is 8.08. The lowest BCUT2D eigenvalue weighted by Gasteiger charge is -2.30. The van der Waals surface area contributed by atoms with Crippen molar-refractivity contribution in [3.63, 3.8) is 0 Å². The van der Waals surface area contributed by atoms with Gasteiger partial charge in [-0.1, -0.05) is 18.2 Å². The number of hydrogen-bond donors (Lipinski definition) is 0. The maximum Gasteiger partial charge on any atom is 0.214 e. The van der Waals surface area contributed by atoms with Crippen molar-refractivity contribution >= 4 is 15.7 Å². The molecule has 4 heteroatoms. The van der Waals surface area contributed by atoms with E-state index in [4.69, 9.17) is 0 Å². The van der Waals surface area contributed by atoms with Gasteiger partial charge in [0.2, 0.25) is 10.3 Å². The molecule has 0 fully saturated rings. The molecular formula is C13H17NO2S. The Bertz CT molecular complexity index is 539. The minimum atomic E-state index is -2.13. The molecular weight excluding hydrogens is 234 g/mol. The molecule has 0 radical (unpaired) electrons. The van der Waals surface area contributed by atoms with Crippen molar-refractivity contribution in [2.75, 3.05) is 14.1 Å². The summed E-state index contributed by atoms with van der Waals surface area (Å²) in [5.41, 5.74) is 3.34. The second-order valence-electron chi connectivity index (χ2n) is 4.72. The third-order valence-electron chi connectivity index (χ3n) is 3.45. The lowest BCUT2D eigenvalue weighted by molar-refractivity contribution is 0.268. The van der Waals surface area contributed by atoms with Crippen LogP contribution >= 0.6 is 0 Å². The van der Waals surface area contributed by atoms with Crippen LogP contribution in [0.25, 0.3) is 0 Å². The minimum absolute atomic E-state index is 0.511. The Hall–Kier alpha value is -1.13. The van der Waals surface area contributed by atoms with E-state index in [2.05, 4.69) is 25.1 Å². The Morgan fingerprint density at radius 1 is 1.35 bits per heavy atom. The van der Waals surface area contributed by atoms with Crippen molar-refractivity contribution in [3.8, 4) is 0 Å². The van der Waals surface area contributed by atoms with Crippen LogP contribution in [0.1, 0.15) is 23.1 Å². The standard InChI is InChI=1S/C13H17NO2S/c1-14(2)12-7-6-10-4-3-5-11(9-17(15)16)13(10)8-12/h3-5,9,12H,6-8H2,1-2H3. The fourth-order valence-electron chi connectivity index (χ4n) is 2.45. The van der Waals surface area contributed by atoms with Gasteiger partial charge in [0.25, 0.3) is 0 Å². The molecule has 3 nitrogen and oxygen atoms in total. The predicted octanol–water partition coefficient (Wildman–Crippen LogP) is 1.13. The highest BCUT2D eigenvalue weighted by Crippen LogP contribution is 2.25. The molecule has 1 atom stereocenters. The summed E-state index contributed by atoms with van der Waals surface area (Å²) in [5.74, 6) is 0. The molecule has 0 saturated carbocycles. The van der Waals surface area contributed by atoms with Crippen LogP contribution in [-0.4, -0.2) is 38.8 Å². The van der Waals surface area contributed by atoms with Gasteiger partial charge in [0, 0.05) is 6.04 Å². The fourth-order valence-corrected chi connectivity index (χ4v) is 2.88. The van der Waals surface area contributed by atoms with Gasteiger partial charge in [-0.15, -0.1) is 0 Å². The summed E-state index contributed by atoms with van der Waals surface area (Å²) in [5, 5.41) is 1.32. The van der Waals surface area contributed by atoms with Gasteiger partial charge in [-0.3, -0.25) is 0 Å². The van der Waals surface area contributed by atoms with Gasteiger partial charge in [-0.25, -0.2) is 0 Å². The van der Waals surface area contributed by atoms with Gasteiger partial charge in [0.05, 0.1) is 5.37 Å². The number of nitrogens with zero attached hydrogens (tertiary/aromatic N) is 1. The Labute approximate surface area is 104 Å². The summed E-state index contributed by atoms with van der Waals surface area (Å²) < 4.78 is 21.6. The maximum atomic E-state index is 10.8. The summed E-state index contributed by atoms with van der Waals surface area (Å²) in [6.07, 6.45) is 3.11. The van der Waals surface area contributed by atoms with E-state index in [-0.39, 0.29) is 0 Å². The van der Waals surface area contributed by atoms with E-state index in [9.17, 15) is 8.42 Å². The number of benzene rings is 1. The third kappa shape index (κ3) is 2.76. The second kappa shape index (κ2) is 5.02. The van der Waals surface area contributed by atoms with Crippen molar-refractivity contribution in [2.45, 2.75) is 25.3 Å². The minimum Gasteiger partial charge on any atom is -0.306 e. The van der Waals surface area contributed by atoms with E-state index in [1.54, 1.807) is 0 Å². The number of fused-ring (bicyclic) bond motifs is 1. The van der Waals surface area contributed by atoms with Crippen LogP contribution < -0.4 is 0 Å². The molecule has 1 aromatic rings. The van der Waals surface area contributed by atoms with Crippen molar-refractivity contribution in [2.24, 2.45) is 0 Å². The highest BCUT2D eigenvalue weighted by Gasteiger charge is 2.21. The molecule has 1 unspecified atom stereocenters. The van der Waals surface area contributed by atoms with E-state index in [0.29, 0.717) is 6.04 Å². The molecule has 1 aliphatic carbocycles. The third-order valence-corrected chi connectivity index (χ3v) is 3.90. The van der Waals surface area contributed by atoms with E-state index < -0.39 is 10.3 Å². The largest absolute Gasteiger partial charge is 0.306 e. The van der Waals surface area contributed by atoms with Crippen LogP contribution in [0, 0.1) is 0 Å². The molecule has 0 aromatic heterocycles. The zero-order chi connectivity index (χ0) is 12.4. The summed E-state index contributed by atoms with van der Waals surface area (Å²) >= 11 is 0. The molecule has 1 aliphatic rings. The number of rotatable bonds is 2. The number of likely N-dealkylation sites (N-methyl/N-ethyl adjacent to an activating group) is 1. The second-order valence-corrected chi connectivity index (χ2v) is 5.48. The SMILES string of the molecule is CN(C)C1CCc2cccc(C=S(=O)=O)c2C1. The average Bonchev–Trinajstić information content (AvgIpc) is 2.28. The molecule has 0 N–H and O–H groups in total. The lowest BCUT2D eigenvalue weighted by atomic mass is 9.85. The molecule has 0 heterocycles. The monoisotopic (exact) mass is 251 g/mol. The first-order valence-corrected chi connectivity index (χ1v) is 6.92. The normalized spacial score (nSPS) is 18.9. The van der Waals surface area contributed by atoms with Crippen molar-refractivity contribution in [1.29, 1.82) is 0 Å². The number of aryl methyl sites for hydroxylation is 1. The Kier molecular flexibility index (Phi) is 3.64. The quantitative estimate of drug-likeness (QED) is 0.740. The fraction of sp³-hybridized carbons (Fsp3) is 0.462. The molecule has 0 amide bonds. The molecule has 0 saturated heterocycles. The predicted molar refractivity (Wildman–Crippen MR) is 70.0 cm³/mol.